The van der Waals surface area contributed by atoms with E-state index in [1.165, 1.54) is 6.26 Å². The molecule has 30 heavy (non-hydrogen) atoms. The van der Waals surface area contributed by atoms with Crippen molar-refractivity contribution in [1.82, 2.24) is 9.55 Å². The molecule has 0 spiro atoms. The van der Waals surface area contributed by atoms with Crippen LogP contribution in [0.15, 0.2) is 71.8 Å². The molecule has 2 aromatic carbocycles. The molecule has 6 heteroatoms. The van der Waals surface area contributed by atoms with Gasteiger partial charge < -0.3 is 4.57 Å². The van der Waals surface area contributed by atoms with Crippen LogP contribution in [0.4, 0.5) is 0 Å². The van der Waals surface area contributed by atoms with Crippen molar-refractivity contribution in [3.8, 4) is 22.5 Å². The van der Waals surface area contributed by atoms with Crippen molar-refractivity contribution < 1.29 is 13.2 Å². The summed E-state index contributed by atoms with van der Waals surface area (Å²) in [5, 5.41) is 1.05. The molecule has 1 saturated carbocycles. The topological polar surface area (TPSA) is 69.0 Å². The fraction of sp³-hybridized carbons (Fsp3) is 0.167. The van der Waals surface area contributed by atoms with Gasteiger partial charge in [0.25, 0.3) is 0 Å². The summed E-state index contributed by atoms with van der Waals surface area (Å²) in [5.41, 5.74) is 5.64. The molecule has 2 aromatic heterocycles. The Morgan fingerprint density at radius 2 is 1.63 bits per heavy atom. The van der Waals surface area contributed by atoms with E-state index >= 15 is 0 Å². The first-order valence-corrected chi connectivity index (χ1v) is 11.7. The molecule has 0 unspecified atom stereocenters. The molecule has 0 amide bonds. The van der Waals surface area contributed by atoms with E-state index in [-0.39, 0.29) is 0 Å². The monoisotopic (exact) mass is 416 g/mol. The quantitative estimate of drug-likeness (QED) is 0.433. The number of aldehydes is 1. The van der Waals surface area contributed by atoms with E-state index in [0.29, 0.717) is 16.5 Å². The molecule has 150 valence electrons. The van der Waals surface area contributed by atoms with E-state index in [0.717, 1.165) is 52.5 Å². The Morgan fingerprint density at radius 1 is 0.967 bits per heavy atom. The number of hydrogen-bond acceptors (Lipinski definition) is 4. The lowest BCUT2D eigenvalue weighted by Gasteiger charge is -2.11. The largest absolute Gasteiger partial charge is 0.337 e. The third-order valence-electron chi connectivity index (χ3n) is 5.56. The summed E-state index contributed by atoms with van der Waals surface area (Å²) >= 11 is 0. The smallest absolute Gasteiger partial charge is 0.175 e. The Bertz CT molecular complexity index is 1360. The first-order chi connectivity index (χ1) is 14.4. The summed E-state index contributed by atoms with van der Waals surface area (Å²) in [6.07, 6.45) is 6.19. The third-order valence-corrected chi connectivity index (χ3v) is 6.68. The zero-order valence-corrected chi connectivity index (χ0v) is 17.3. The number of pyridine rings is 1. The van der Waals surface area contributed by atoms with Gasteiger partial charge in [0, 0.05) is 40.7 Å². The van der Waals surface area contributed by atoms with Crippen molar-refractivity contribution in [3.05, 3.63) is 72.4 Å². The SMILES string of the molecule is CS(=O)(=O)c1ccc(-c2cc3cnc(-c4ccc(C=O)cc4)cc3n2C2CC2)cc1. The second-order valence-corrected chi connectivity index (χ2v) is 9.81. The molecule has 0 N–H and O–H groups in total. The van der Waals surface area contributed by atoms with Gasteiger partial charge in [-0.3, -0.25) is 9.78 Å². The molecule has 5 rings (SSSR count). The molecule has 0 atom stereocenters. The first-order valence-electron chi connectivity index (χ1n) is 9.81. The highest BCUT2D eigenvalue weighted by atomic mass is 32.2. The van der Waals surface area contributed by atoms with Gasteiger partial charge in [0.2, 0.25) is 0 Å². The second kappa shape index (κ2) is 6.92. The van der Waals surface area contributed by atoms with Crippen LogP contribution in [0, 0.1) is 0 Å². The van der Waals surface area contributed by atoms with Crippen molar-refractivity contribution in [3.63, 3.8) is 0 Å². The van der Waals surface area contributed by atoms with Gasteiger partial charge in [0.15, 0.2) is 9.84 Å². The fourth-order valence-corrected chi connectivity index (χ4v) is 4.46. The van der Waals surface area contributed by atoms with Crippen LogP contribution < -0.4 is 0 Å². The maximum atomic E-state index is 11.8. The van der Waals surface area contributed by atoms with Gasteiger partial charge in [-0.25, -0.2) is 8.42 Å². The van der Waals surface area contributed by atoms with Crippen molar-refractivity contribution >= 4 is 27.0 Å². The van der Waals surface area contributed by atoms with Gasteiger partial charge in [-0.05, 0) is 42.7 Å². The standard InChI is InChI=1S/C24H20N2O3S/c1-30(28,29)21-10-6-18(7-11-21)23-12-19-14-25-22(13-24(19)26(23)20-8-9-20)17-4-2-16(15-27)3-5-17/h2-7,10-15,20H,8-9H2,1H3. The fourth-order valence-electron chi connectivity index (χ4n) is 3.83. The summed E-state index contributed by atoms with van der Waals surface area (Å²) in [4.78, 5) is 15.9. The summed E-state index contributed by atoms with van der Waals surface area (Å²) in [6.45, 7) is 0. The molecule has 1 fully saturated rings. The van der Waals surface area contributed by atoms with Crippen molar-refractivity contribution in [2.24, 2.45) is 0 Å². The van der Waals surface area contributed by atoms with Crippen LogP contribution in [0.1, 0.15) is 29.2 Å². The molecule has 0 saturated heterocycles. The Labute approximate surface area is 174 Å². The number of carbonyl (C=O) groups is 1. The molecule has 5 nitrogen and oxygen atoms in total. The molecule has 1 aliphatic carbocycles. The van der Waals surface area contributed by atoms with Crippen molar-refractivity contribution in [2.45, 2.75) is 23.8 Å². The summed E-state index contributed by atoms with van der Waals surface area (Å²) in [5.74, 6) is 0. The lowest BCUT2D eigenvalue weighted by Crippen LogP contribution is -1.99. The van der Waals surface area contributed by atoms with Gasteiger partial charge >= 0.3 is 0 Å². The molecule has 4 aromatic rings. The zero-order chi connectivity index (χ0) is 20.9. The molecule has 1 aliphatic rings. The Kier molecular flexibility index (Phi) is 4.33. The van der Waals surface area contributed by atoms with Gasteiger partial charge in [0.05, 0.1) is 16.1 Å². The maximum absolute atomic E-state index is 11.8. The molecule has 0 bridgehead atoms. The van der Waals surface area contributed by atoms with Crippen LogP contribution in [-0.4, -0.2) is 30.5 Å². The zero-order valence-electron chi connectivity index (χ0n) is 16.4. The summed E-state index contributed by atoms with van der Waals surface area (Å²) < 4.78 is 25.9. The van der Waals surface area contributed by atoms with E-state index in [1.807, 2.05) is 30.5 Å². The van der Waals surface area contributed by atoms with Gasteiger partial charge in [-0.15, -0.1) is 0 Å². The Balaban J connectivity index is 1.63. The van der Waals surface area contributed by atoms with Crippen LogP contribution in [0.5, 0.6) is 0 Å². The first kappa shape index (κ1) is 18.8. The number of rotatable bonds is 5. The number of sulfone groups is 1. The minimum Gasteiger partial charge on any atom is -0.337 e. The number of nitrogens with zero attached hydrogens (tertiary/aromatic N) is 2. The molecular weight excluding hydrogens is 396 g/mol. The number of aromatic nitrogens is 2. The maximum Gasteiger partial charge on any atom is 0.175 e. The van der Waals surface area contributed by atoms with Crippen LogP contribution in [-0.2, 0) is 9.84 Å². The average molecular weight is 417 g/mol. The number of carbonyl (C=O) groups excluding carboxylic acids is 1. The Hall–Kier alpha value is -3.25. The van der Waals surface area contributed by atoms with E-state index in [9.17, 15) is 13.2 Å². The van der Waals surface area contributed by atoms with Crippen LogP contribution in [0.2, 0.25) is 0 Å². The van der Waals surface area contributed by atoms with Gasteiger partial charge in [0.1, 0.15) is 6.29 Å². The molecular formula is C24H20N2O3S. The van der Waals surface area contributed by atoms with E-state index in [2.05, 4.69) is 21.7 Å². The number of hydrogen-bond donors (Lipinski definition) is 0. The van der Waals surface area contributed by atoms with E-state index in [1.54, 1.807) is 24.3 Å². The highest BCUT2D eigenvalue weighted by Gasteiger charge is 2.28. The summed E-state index contributed by atoms with van der Waals surface area (Å²) in [7, 11) is -3.22. The molecule has 0 aliphatic heterocycles. The van der Waals surface area contributed by atoms with Gasteiger partial charge in [-0.2, -0.15) is 0 Å². The van der Waals surface area contributed by atoms with Crippen LogP contribution in [0.3, 0.4) is 0 Å². The van der Waals surface area contributed by atoms with E-state index in [4.69, 9.17) is 0 Å². The van der Waals surface area contributed by atoms with Crippen LogP contribution >= 0.6 is 0 Å². The number of benzene rings is 2. The van der Waals surface area contributed by atoms with Crippen LogP contribution in [0.25, 0.3) is 33.4 Å². The molecule has 2 heterocycles. The average Bonchev–Trinajstić information content (AvgIpc) is 3.52. The lowest BCUT2D eigenvalue weighted by atomic mass is 10.1. The minimum absolute atomic E-state index is 0.322. The molecule has 0 radical (unpaired) electrons. The van der Waals surface area contributed by atoms with E-state index < -0.39 is 9.84 Å². The second-order valence-electron chi connectivity index (χ2n) is 7.80. The highest BCUT2D eigenvalue weighted by Crippen LogP contribution is 2.43. The minimum atomic E-state index is -3.22. The van der Waals surface area contributed by atoms with Crippen molar-refractivity contribution in [1.29, 1.82) is 0 Å². The third kappa shape index (κ3) is 3.33. The predicted octanol–water partition coefficient (Wildman–Crippen LogP) is 4.92. The predicted molar refractivity (Wildman–Crippen MR) is 117 cm³/mol. The number of fused-ring (bicyclic) bond motifs is 1. The Morgan fingerprint density at radius 3 is 2.23 bits per heavy atom. The highest BCUT2D eigenvalue weighted by molar-refractivity contribution is 7.90. The summed E-state index contributed by atoms with van der Waals surface area (Å²) in [6, 6.07) is 19.1. The van der Waals surface area contributed by atoms with Crippen molar-refractivity contribution in [2.75, 3.05) is 6.26 Å². The van der Waals surface area contributed by atoms with Gasteiger partial charge in [-0.1, -0.05) is 36.4 Å². The normalized spacial score (nSPS) is 14.2. The lowest BCUT2D eigenvalue weighted by molar-refractivity contribution is 0.112.